The van der Waals surface area contributed by atoms with E-state index in [1.54, 1.807) is 12.1 Å². The van der Waals surface area contributed by atoms with Crippen LogP contribution < -0.4 is 10.1 Å². The molecule has 3 aromatic rings. The van der Waals surface area contributed by atoms with Crippen LogP contribution in [-0.4, -0.2) is 17.5 Å². The van der Waals surface area contributed by atoms with E-state index in [1.807, 2.05) is 12.1 Å². The summed E-state index contributed by atoms with van der Waals surface area (Å²) in [4.78, 5) is 16.2. The normalized spacial score (nSPS) is 11.1. The minimum absolute atomic E-state index is 0.160. The largest absolute Gasteiger partial charge is 0.492 e. The molecule has 0 atom stereocenters. The number of fused-ring (bicyclic) bond motifs is 1. The lowest BCUT2D eigenvalue weighted by Gasteiger charge is -2.11. The van der Waals surface area contributed by atoms with Crippen LogP contribution in [0.5, 0.6) is 5.75 Å². The molecule has 27 heavy (non-hydrogen) atoms. The number of carbonyl (C=O) groups is 1. The lowest BCUT2D eigenvalue weighted by atomic mass is 10.0. The first-order valence-electron chi connectivity index (χ1n) is 8.71. The third-order valence-electron chi connectivity index (χ3n) is 4.04. The standard InChI is InChI=1S/C20H20BrFN2O2S/c1-12(2)13-8-9-16(14(21)11-13)26-10-4-7-18(25)23-20-24-19-15(22)5-3-6-17(19)27-20/h3,5-6,8-9,11-12H,4,7,10H2,1-2H3,(H,23,24,25). The summed E-state index contributed by atoms with van der Waals surface area (Å²) < 4.78 is 21.0. The molecule has 3 rings (SSSR count). The molecule has 1 amide bonds. The predicted molar refractivity (Wildman–Crippen MR) is 111 cm³/mol. The molecule has 4 nitrogen and oxygen atoms in total. The molecular formula is C20H20BrFN2O2S. The number of hydrogen-bond donors (Lipinski definition) is 1. The fourth-order valence-electron chi connectivity index (χ4n) is 2.56. The maximum absolute atomic E-state index is 13.7. The van der Waals surface area contributed by atoms with Crippen LogP contribution in [0, 0.1) is 5.82 Å². The molecule has 1 N–H and O–H groups in total. The summed E-state index contributed by atoms with van der Waals surface area (Å²) in [6, 6.07) is 10.8. The molecule has 0 saturated carbocycles. The van der Waals surface area contributed by atoms with E-state index in [2.05, 4.69) is 46.1 Å². The lowest BCUT2D eigenvalue weighted by Crippen LogP contribution is -2.12. The zero-order valence-corrected chi connectivity index (χ0v) is 17.5. The van der Waals surface area contributed by atoms with Crippen molar-refractivity contribution >= 4 is 48.5 Å². The van der Waals surface area contributed by atoms with E-state index in [0.29, 0.717) is 35.2 Å². The fraction of sp³-hybridized carbons (Fsp3) is 0.300. The van der Waals surface area contributed by atoms with Crippen molar-refractivity contribution in [3.8, 4) is 5.75 Å². The molecular weight excluding hydrogens is 431 g/mol. The van der Waals surface area contributed by atoms with Gasteiger partial charge in [0.15, 0.2) is 5.13 Å². The van der Waals surface area contributed by atoms with Gasteiger partial charge in [-0.1, -0.05) is 37.3 Å². The van der Waals surface area contributed by atoms with Gasteiger partial charge in [0.1, 0.15) is 17.1 Å². The van der Waals surface area contributed by atoms with Gasteiger partial charge in [0.25, 0.3) is 0 Å². The second-order valence-corrected chi connectivity index (χ2v) is 8.34. The molecule has 0 aliphatic carbocycles. The van der Waals surface area contributed by atoms with Gasteiger partial charge in [-0.05, 0) is 58.1 Å². The summed E-state index contributed by atoms with van der Waals surface area (Å²) in [6.45, 7) is 4.71. The lowest BCUT2D eigenvalue weighted by molar-refractivity contribution is -0.116. The molecule has 1 heterocycles. The van der Waals surface area contributed by atoms with Crippen molar-refractivity contribution in [3.05, 3.63) is 52.3 Å². The Kier molecular flexibility index (Phi) is 6.44. The highest BCUT2D eigenvalue weighted by molar-refractivity contribution is 9.10. The van der Waals surface area contributed by atoms with E-state index in [-0.39, 0.29) is 17.2 Å². The Morgan fingerprint density at radius 2 is 2.15 bits per heavy atom. The molecule has 2 aromatic carbocycles. The van der Waals surface area contributed by atoms with Crippen molar-refractivity contribution in [3.63, 3.8) is 0 Å². The first kappa shape index (κ1) is 19.8. The first-order valence-corrected chi connectivity index (χ1v) is 10.3. The zero-order valence-electron chi connectivity index (χ0n) is 15.1. The number of thiazole rings is 1. The number of amides is 1. The third-order valence-corrected chi connectivity index (χ3v) is 5.60. The number of carbonyl (C=O) groups excluding carboxylic acids is 1. The molecule has 0 fully saturated rings. The molecule has 142 valence electrons. The van der Waals surface area contributed by atoms with Gasteiger partial charge in [-0.3, -0.25) is 4.79 Å². The summed E-state index contributed by atoms with van der Waals surface area (Å²) in [5.41, 5.74) is 1.52. The summed E-state index contributed by atoms with van der Waals surface area (Å²) in [5, 5.41) is 3.14. The highest BCUT2D eigenvalue weighted by Gasteiger charge is 2.11. The van der Waals surface area contributed by atoms with Crippen molar-refractivity contribution in [1.82, 2.24) is 4.98 Å². The second kappa shape index (κ2) is 8.80. The molecule has 0 bridgehead atoms. The van der Waals surface area contributed by atoms with Crippen LogP contribution in [0.1, 0.15) is 38.2 Å². The van der Waals surface area contributed by atoms with Crippen LogP contribution in [0.4, 0.5) is 9.52 Å². The van der Waals surface area contributed by atoms with Crippen molar-refractivity contribution in [2.75, 3.05) is 11.9 Å². The van der Waals surface area contributed by atoms with Gasteiger partial charge in [0, 0.05) is 6.42 Å². The quantitative estimate of drug-likeness (QED) is 0.441. The number of ether oxygens (including phenoxy) is 1. The van der Waals surface area contributed by atoms with Crippen LogP contribution in [0.25, 0.3) is 10.2 Å². The molecule has 7 heteroatoms. The van der Waals surface area contributed by atoms with Gasteiger partial charge in [-0.2, -0.15) is 0 Å². The van der Waals surface area contributed by atoms with Crippen LogP contribution in [0.3, 0.4) is 0 Å². The Balaban J connectivity index is 1.47. The minimum Gasteiger partial charge on any atom is -0.492 e. The Morgan fingerprint density at radius 3 is 2.85 bits per heavy atom. The average molecular weight is 451 g/mol. The van der Waals surface area contributed by atoms with Gasteiger partial charge in [0.05, 0.1) is 15.8 Å². The van der Waals surface area contributed by atoms with Gasteiger partial charge in [0.2, 0.25) is 5.91 Å². The molecule has 0 aliphatic rings. The summed E-state index contributed by atoms with van der Waals surface area (Å²) in [5.74, 6) is 0.676. The van der Waals surface area contributed by atoms with Gasteiger partial charge in [-0.25, -0.2) is 9.37 Å². The number of anilines is 1. The molecule has 0 saturated heterocycles. The Bertz CT molecular complexity index is 958. The van der Waals surface area contributed by atoms with Gasteiger partial charge >= 0.3 is 0 Å². The predicted octanol–water partition coefficient (Wildman–Crippen LogP) is 6.12. The number of hydrogen-bond acceptors (Lipinski definition) is 4. The van der Waals surface area contributed by atoms with E-state index in [0.717, 1.165) is 10.2 Å². The van der Waals surface area contributed by atoms with E-state index in [9.17, 15) is 9.18 Å². The Labute approximate surface area is 169 Å². The van der Waals surface area contributed by atoms with Crippen molar-refractivity contribution in [2.24, 2.45) is 0 Å². The Hall–Kier alpha value is -1.99. The highest BCUT2D eigenvalue weighted by Crippen LogP contribution is 2.29. The van der Waals surface area contributed by atoms with Crippen molar-refractivity contribution in [1.29, 1.82) is 0 Å². The average Bonchev–Trinajstić information content (AvgIpc) is 3.03. The molecule has 0 aliphatic heterocycles. The number of aromatic nitrogens is 1. The van der Waals surface area contributed by atoms with Crippen LogP contribution in [0.2, 0.25) is 0 Å². The molecule has 1 aromatic heterocycles. The SMILES string of the molecule is CC(C)c1ccc(OCCCC(=O)Nc2nc3c(F)cccc3s2)c(Br)c1. The summed E-state index contributed by atoms with van der Waals surface area (Å²) in [7, 11) is 0. The van der Waals surface area contributed by atoms with Gasteiger partial charge < -0.3 is 10.1 Å². The molecule has 0 unspecified atom stereocenters. The molecule has 0 spiro atoms. The van der Waals surface area contributed by atoms with E-state index in [1.165, 1.54) is 23.0 Å². The maximum Gasteiger partial charge on any atom is 0.226 e. The van der Waals surface area contributed by atoms with E-state index < -0.39 is 0 Å². The highest BCUT2D eigenvalue weighted by atomic mass is 79.9. The second-order valence-electron chi connectivity index (χ2n) is 6.45. The van der Waals surface area contributed by atoms with Crippen LogP contribution >= 0.6 is 27.3 Å². The van der Waals surface area contributed by atoms with E-state index >= 15 is 0 Å². The first-order chi connectivity index (χ1) is 12.9. The number of para-hydroxylation sites is 1. The Morgan fingerprint density at radius 1 is 1.33 bits per heavy atom. The summed E-state index contributed by atoms with van der Waals surface area (Å²) in [6.07, 6.45) is 0.879. The number of halogens is 2. The van der Waals surface area contributed by atoms with Crippen LogP contribution in [0.15, 0.2) is 40.9 Å². The monoisotopic (exact) mass is 450 g/mol. The third kappa shape index (κ3) is 5.05. The van der Waals surface area contributed by atoms with Crippen molar-refractivity contribution < 1.29 is 13.9 Å². The van der Waals surface area contributed by atoms with E-state index in [4.69, 9.17) is 4.74 Å². The zero-order chi connectivity index (χ0) is 19.4. The topological polar surface area (TPSA) is 51.2 Å². The summed E-state index contributed by atoms with van der Waals surface area (Å²) >= 11 is 4.78. The van der Waals surface area contributed by atoms with Crippen LogP contribution in [-0.2, 0) is 4.79 Å². The number of benzene rings is 2. The van der Waals surface area contributed by atoms with Crippen molar-refractivity contribution in [2.45, 2.75) is 32.6 Å². The van der Waals surface area contributed by atoms with Gasteiger partial charge in [-0.15, -0.1) is 0 Å². The fourth-order valence-corrected chi connectivity index (χ4v) is 3.97. The number of nitrogens with zero attached hydrogens (tertiary/aromatic N) is 1. The number of rotatable bonds is 7. The molecule has 0 radical (unpaired) electrons. The smallest absolute Gasteiger partial charge is 0.226 e. The maximum atomic E-state index is 13.7. The minimum atomic E-state index is -0.383. The number of nitrogens with one attached hydrogen (secondary N) is 1.